The van der Waals surface area contributed by atoms with Gasteiger partial charge in [0.25, 0.3) is 0 Å². The number of nitrogens with zero attached hydrogens (tertiary/aromatic N) is 1. The maximum Gasteiger partial charge on any atom is 0.191 e. The van der Waals surface area contributed by atoms with Crippen LogP contribution in [0.3, 0.4) is 0 Å². The largest absolute Gasteiger partial charge is 0.381 e. The number of hydrogen-bond donors (Lipinski definition) is 2. The second kappa shape index (κ2) is 13.0. The smallest absolute Gasteiger partial charge is 0.191 e. The lowest BCUT2D eigenvalue weighted by Gasteiger charge is -2.12. The Kier molecular flexibility index (Phi) is 13.2. The Hall–Kier alpha value is 0.310. The van der Waals surface area contributed by atoms with E-state index in [1.165, 1.54) is 12.8 Å². The van der Waals surface area contributed by atoms with E-state index in [0.29, 0.717) is 5.25 Å². The number of guanidine groups is 1. The molecular weight excluding hydrogens is 385 g/mol. The van der Waals surface area contributed by atoms with Gasteiger partial charge in [0.05, 0.1) is 6.54 Å². The third kappa shape index (κ3) is 11.0. The van der Waals surface area contributed by atoms with Crippen LogP contribution in [0.25, 0.3) is 0 Å². The number of halogens is 1. The van der Waals surface area contributed by atoms with Crippen molar-refractivity contribution in [3.8, 4) is 0 Å². The van der Waals surface area contributed by atoms with Gasteiger partial charge in [0, 0.05) is 31.6 Å². The van der Waals surface area contributed by atoms with Crippen LogP contribution in [0.4, 0.5) is 0 Å². The SMILES string of the molecule is CCNC(=NCC(C)SC)NCCCOCC1CC1.I. The molecule has 0 spiro atoms. The molecule has 1 fully saturated rings. The molecule has 0 aromatic rings. The quantitative estimate of drug-likeness (QED) is 0.249. The van der Waals surface area contributed by atoms with Crippen molar-refractivity contribution in [2.24, 2.45) is 10.9 Å². The van der Waals surface area contributed by atoms with E-state index in [4.69, 9.17) is 4.74 Å². The molecule has 6 heteroatoms. The molecule has 0 amide bonds. The average Bonchev–Trinajstić information content (AvgIpc) is 3.23. The third-order valence-electron chi connectivity index (χ3n) is 3.06. The molecule has 0 aromatic carbocycles. The Morgan fingerprint density at radius 3 is 2.75 bits per heavy atom. The summed E-state index contributed by atoms with van der Waals surface area (Å²) in [5.74, 6) is 1.78. The van der Waals surface area contributed by atoms with Gasteiger partial charge in [-0.1, -0.05) is 6.92 Å². The van der Waals surface area contributed by atoms with Crippen molar-refractivity contribution in [1.82, 2.24) is 10.6 Å². The number of hydrogen-bond acceptors (Lipinski definition) is 3. The van der Waals surface area contributed by atoms with Crippen molar-refractivity contribution in [2.45, 2.75) is 38.4 Å². The van der Waals surface area contributed by atoms with Crippen molar-refractivity contribution < 1.29 is 4.74 Å². The zero-order chi connectivity index (χ0) is 13.9. The van der Waals surface area contributed by atoms with E-state index in [1.54, 1.807) is 0 Å². The lowest BCUT2D eigenvalue weighted by molar-refractivity contribution is 0.123. The molecule has 2 N–H and O–H groups in total. The molecule has 1 saturated carbocycles. The number of thioether (sulfide) groups is 1. The van der Waals surface area contributed by atoms with Gasteiger partial charge in [-0.25, -0.2) is 0 Å². The lowest BCUT2D eigenvalue weighted by atomic mass is 10.4. The Labute approximate surface area is 145 Å². The molecule has 0 saturated heterocycles. The van der Waals surface area contributed by atoms with E-state index >= 15 is 0 Å². The molecule has 0 aromatic heterocycles. The highest BCUT2D eigenvalue weighted by atomic mass is 127. The summed E-state index contributed by atoms with van der Waals surface area (Å²) < 4.78 is 5.61. The van der Waals surface area contributed by atoms with Crippen LogP contribution in [0.15, 0.2) is 4.99 Å². The summed E-state index contributed by atoms with van der Waals surface area (Å²) in [5.41, 5.74) is 0. The molecular formula is C14H30IN3OS. The molecule has 1 atom stereocenters. The van der Waals surface area contributed by atoms with Crippen molar-refractivity contribution in [3.63, 3.8) is 0 Å². The molecule has 20 heavy (non-hydrogen) atoms. The van der Waals surface area contributed by atoms with Gasteiger partial charge in [-0.2, -0.15) is 11.8 Å². The third-order valence-corrected chi connectivity index (χ3v) is 4.02. The van der Waals surface area contributed by atoms with Gasteiger partial charge < -0.3 is 15.4 Å². The zero-order valence-corrected chi connectivity index (χ0v) is 16.1. The fraction of sp³-hybridized carbons (Fsp3) is 0.929. The maximum absolute atomic E-state index is 5.61. The monoisotopic (exact) mass is 415 g/mol. The van der Waals surface area contributed by atoms with Crippen LogP contribution in [0, 0.1) is 5.92 Å². The first-order chi connectivity index (χ1) is 9.26. The van der Waals surface area contributed by atoms with Crippen LogP contribution in [-0.2, 0) is 4.74 Å². The van der Waals surface area contributed by atoms with Gasteiger partial charge in [-0.05, 0) is 38.4 Å². The second-order valence-corrected chi connectivity index (χ2v) is 6.34. The van der Waals surface area contributed by atoms with E-state index in [1.807, 2.05) is 11.8 Å². The topological polar surface area (TPSA) is 45.7 Å². The minimum atomic E-state index is 0. The molecule has 1 aliphatic carbocycles. The molecule has 0 radical (unpaired) electrons. The summed E-state index contributed by atoms with van der Waals surface area (Å²) in [6, 6.07) is 0. The summed E-state index contributed by atoms with van der Waals surface area (Å²) in [6.07, 6.45) is 5.89. The predicted octanol–water partition coefficient (Wildman–Crippen LogP) is 2.73. The van der Waals surface area contributed by atoms with Gasteiger partial charge in [-0.3, -0.25) is 4.99 Å². The summed E-state index contributed by atoms with van der Waals surface area (Å²) in [6.45, 7) is 8.78. The normalized spacial score (nSPS) is 16.4. The summed E-state index contributed by atoms with van der Waals surface area (Å²) >= 11 is 1.85. The van der Waals surface area contributed by atoms with Crippen molar-refractivity contribution >= 4 is 41.7 Å². The average molecular weight is 415 g/mol. The first-order valence-electron chi connectivity index (χ1n) is 7.39. The standard InChI is InChI=1S/C14H29N3OS.HI/c1-4-15-14(17-10-12(2)19-3)16-8-5-9-18-11-13-6-7-13;/h12-13H,4-11H2,1-3H3,(H2,15,16,17);1H. The van der Waals surface area contributed by atoms with Crippen LogP contribution in [0.1, 0.15) is 33.1 Å². The second-order valence-electron chi connectivity index (χ2n) is 5.06. The molecule has 0 bridgehead atoms. The van der Waals surface area contributed by atoms with E-state index in [0.717, 1.165) is 51.1 Å². The molecule has 0 heterocycles. The van der Waals surface area contributed by atoms with Gasteiger partial charge in [0.2, 0.25) is 0 Å². The van der Waals surface area contributed by atoms with E-state index in [9.17, 15) is 0 Å². The van der Waals surface area contributed by atoms with Gasteiger partial charge in [-0.15, -0.1) is 24.0 Å². The summed E-state index contributed by atoms with van der Waals surface area (Å²) in [7, 11) is 0. The summed E-state index contributed by atoms with van der Waals surface area (Å²) in [4.78, 5) is 4.57. The number of rotatable bonds is 10. The fourth-order valence-corrected chi connectivity index (χ4v) is 1.78. The maximum atomic E-state index is 5.61. The van der Waals surface area contributed by atoms with Crippen LogP contribution < -0.4 is 10.6 Å². The Bertz CT molecular complexity index is 263. The Morgan fingerprint density at radius 1 is 1.40 bits per heavy atom. The lowest BCUT2D eigenvalue weighted by Crippen LogP contribution is -2.38. The highest BCUT2D eigenvalue weighted by molar-refractivity contribution is 14.0. The molecule has 120 valence electrons. The Balaban J connectivity index is 0.00000361. The minimum Gasteiger partial charge on any atom is -0.381 e. The van der Waals surface area contributed by atoms with Crippen LogP contribution in [-0.4, -0.2) is 50.3 Å². The molecule has 1 unspecified atom stereocenters. The van der Waals surface area contributed by atoms with Crippen LogP contribution in [0.2, 0.25) is 0 Å². The van der Waals surface area contributed by atoms with E-state index in [-0.39, 0.29) is 24.0 Å². The molecule has 0 aliphatic heterocycles. The van der Waals surface area contributed by atoms with Crippen molar-refractivity contribution in [3.05, 3.63) is 0 Å². The number of aliphatic imine (C=N–C) groups is 1. The van der Waals surface area contributed by atoms with Crippen molar-refractivity contribution in [1.29, 1.82) is 0 Å². The van der Waals surface area contributed by atoms with Gasteiger partial charge >= 0.3 is 0 Å². The summed E-state index contributed by atoms with van der Waals surface area (Å²) in [5, 5.41) is 7.19. The minimum absolute atomic E-state index is 0. The first kappa shape index (κ1) is 20.3. The van der Waals surface area contributed by atoms with Crippen LogP contribution >= 0.6 is 35.7 Å². The molecule has 4 nitrogen and oxygen atoms in total. The molecule has 1 rings (SSSR count). The number of nitrogens with one attached hydrogen (secondary N) is 2. The van der Waals surface area contributed by atoms with Gasteiger partial charge in [0.15, 0.2) is 5.96 Å². The highest BCUT2D eigenvalue weighted by Crippen LogP contribution is 2.28. The van der Waals surface area contributed by atoms with Crippen LogP contribution in [0.5, 0.6) is 0 Å². The zero-order valence-electron chi connectivity index (χ0n) is 13.0. The van der Waals surface area contributed by atoms with E-state index in [2.05, 4.69) is 35.7 Å². The fourth-order valence-electron chi connectivity index (χ4n) is 1.55. The predicted molar refractivity (Wildman–Crippen MR) is 101 cm³/mol. The first-order valence-corrected chi connectivity index (χ1v) is 8.67. The molecule has 1 aliphatic rings. The van der Waals surface area contributed by atoms with Gasteiger partial charge in [0.1, 0.15) is 0 Å². The van der Waals surface area contributed by atoms with E-state index < -0.39 is 0 Å². The Morgan fingerprint density at radius 2 is 2.15 bits per heavy atom. The number of ether oxygens (including phenoxy) is 1. The van der Waals surface area contributed by atoms with Crippen molar-refractivity contribution in [2.75, 3.05) is 39.1 Å². The highest BCUT2D eigenvalue weighted by Gasteiger charge is 2.20.